The van der Waals surface area contributed by atoms with Gasteiger partial charge in [0.05, 0.1) is 104 Å². The van der Waals surface area contributed by atoms with Gasteiger partial charge in [0, 0.05) is 74.5 Å². The number of phenols is 1. The maximum atomic E-state index is 13.3. The van der Waals surface area contributed by atoms with Crippen LogP contribution in [0.1, 0.15) is 141 Å². The first-order valence-electron chi connectivity index (χ1n) is 42.1. The Hall–Kier alpha value is -8.65. The molecule has 9 rings (SSSR count). The topological polar surface area (TPSA) is 428 Å². The van der Waals surface area contributed by atoms with E-state index in [2.05, 4.69) is 41.6 Å². The molecular formula is C96H119Cs2N9O23S. The molecule has 4 amide bonds. The number of carbonyl (C=O) groups is 9. The summed E-state index contributed by atoms with van der Waals surface area (Å²) in [5.41, 5.74) is 15.1. The second-order valence-corrected chi connectivity index (χ2v) is 34.0. The van der Waals surface area contributed by atoms with Gasteiger partial charge in [-0.3, -0.25) is 43.4 Å². The molecule has 0 saturated heterocycles. The Morgan fingerprint density at radius 2 is 0.931 bits per heavy atom. The van der Waals surface area contributed by atoms with Gasteiger partial charge in [-0.25, -0.2) is 28.0 Å². The molecule has 2 aromatic heterocycles. The van der Waals surface area contributed by atoms with Crippen molar-refractivity contribution in [3.05, 3.63) is 221 Å². The van der Waals surface area contributed by atoms with Crippen LogP contribution < -0.4 is 168 Å². The zero-order valence-electron chi connectivity index (χ0n) is 78.3. The van der Waals surface area contributed by atoms with Crippen molar-refractivity contribution in [1.29, 1.82) is 0 Å². The van der Waals surface area contributed by atoms with Crippen LogP contribution in [0.15, 0.2) is 192 Å². The van der Waals surface area contributed by atoms with E-state index in [0.29, 0.717) is 95.4 Å². The van der Waals surface area contributed by atoms with Crippen molar-refractivity contribution in [1.82, 2.24) is 20.6 Å². The molecule has 0 aliphatic heterocycles. The van der Waals surface area contributed by atoms with Crippen molar-refractivity contribution >= 4 is 97.0 Å². The smallest absolute Gasteiger partial charge is 1.00 e. The van der Waals surface area contributed by atoms with Crippen molar-refractivity contribution < 1.29 is 249 Å². The molecule has 2 atom stereocenters. The number of methoxy groups -OCH3 is 2. The van der Waals surface area contributed by atoms with Crippen LogP contribution >= 0.6 is 0 Å². The summed E-state index contributed by atoms with van der Waals surface area (Å²) >= 11 is 0. The minimum absolute atomic E-state index is 0. The van der Waals surface area contributed by atoms with Crippen molar-refractivity contribution in [3.8, 4) is 33.8 Å². The van der Waals surface area contributed by atoms with Gasteiger partial charge in [0.2, 0.25) is 11.8 Å². The van der Waals surface area contributed by atoms with Crippen LogP contribution in [0.4, 0.5) is 21.2 Å². The number of anilines is 2. The van der Waals surface area contributed by atoms with Gasteiger partial charge in [-0.05, 0) is 220 Å². The summed E-state index contributed by atoms with van der Waals surface area (Å²) in [5, 5.41) is 30.9. The maximum Gasteiger partial charge on any atom is 1.00 e. The number of nitrogens with one attached hydrogen (secondary N) is 2. The first kappa shape index (κ1) is 115. The fraction of sp³-hybridized carbons (Fsp3) is 0.406. The number of esters is 2. The molecule has 2 heterocycles. The molecule has 694 valence electrons. The molecular weight excluding hydrogens is 1940 g/mol. The van der Waals surface area contributed by atoms with Crippen molar-refractivity contribution in [2.45, 2.75) is 149 Å². The monoisotopic (exact) mass is 2060 g/mol. The molecule has 9 aromatic rings. The third-order valence-electron chi connectivity index (χ3n) is 19.2. The quantitative estimate of drug-likeness (QED) is 0.00368. The number of hydrogen-bond donors (Lipinski definition) is 3. The maximum absolute atomic E-state index is 13.3. The van der Waals surface area contributed by atoms with Crippen LogP contribution in [0.2, 0.25) is 0 Å². The number of rotatable bonds is 45. The predicted octanol–water partition coefficient (Wildman–Crippen LogP) is 9.11. The molecule has 0 bridgehead atoms. The SMILES string of the molecule is CCS(=O)(=O)c1ccc(C)cc1.COC(=O)C[C@H](CC(=O)CNC(=O)CCCN(C(=O)OC(C)(C)C)c1cc(C)ccn1)c1cccc(-c2ccc3cc(O)ccc3c2)c1.COC(=O)C[C@H](CC(=O)CNC(=O)CCCN(C(=O)OC(C)(C)C)c1cc(C)ccn1)c1cccc(-c2ccc3cc(OCCOCCOCCOCCOCCN=[N+]=[N-])ccc3c2)c1.O=CO[O-].[Cs+].[Cs+].[H-]. The van der Waals surface area contributed by atoms with Crippen LogP contribution in [0.3, 0.4) is 0 Å². The molecule has 131 heavy (non-hydrogen) atoms. The number of benzene rings is 7. The normalized spacial score (nSPS) is 11.3. The van der Waals surface area contributed by atoms with Gasteiger partial charge in [-0.2, -0.15) is 0 Å². The molecule has 0 aliphatic carbocycles. The standard InChI is InChI=1S/C48H62N6O11.C38H43N3O7.C9H12O2S.CH2O3.2Cs.H/c1-35-15-16-50-44(28-35)54(47(58)65-48(2,3)4)18-7-10-45(56)51-34-42(55)31-41(33-46(57)59-5)37-9-6-8-36(29-37)38-11-12-40-32-43(14-13-39(40)30-38)64-27-26-63-25-24-62-23-22-61-21-20-60-19-17-52-53-49;1-25-15-16-39-34(18-25)41(37(46)48-38(2,3)4)17-7-10-35(44)40-24-33(43)22-31(23-36(45)47-5)27-9-6-8-26(19-27)28-11-12-30-21-32(42)14-13-29(30)20-28;1-3-12(10,11)9-6-4-8(2)5-7-9;2-1-4-3;;;/h6,8-9,11-16,28-30,32,41H,7,10,17-27,31,33-34H2,1-5H3,(H,51,56);6,8-9,11-16,18-21,31,42H,7,10,17,22-24H2,1-5H3,(H,40,44);4-7H,3H2,1-2H3;1,3H;;;/q;;;;2*+1;-1/p-1/t41-;31-;;;;;/m00...../s1. The summed E-state index contributed by atoms with van der Waals surface area (Å²) in [5.74, 6) is -1.02. The summed E-state index contributed by atoms with van der Waals surface area (Å²) in [6.45, 7) is 21.9. The summed E-state index contributed by atoms with van der Waals surface area (Å²) < 4.78 is 71.4. The number of ketones is 2. The number of phenolic OH excluding ortho intramolecular Hbond substituents is 1. The van der Waals surface area contributed by atoms with Crippen LogP contribution in [0.25, 0.3) is 54.2 Å². The summed E-state index contributed by atoms with van der Waals surface area (Å²) in [7, 11) is -0.393. The van der Waals surface area contributed by atoms with Crippen molar-refractivity contribution in [2.75, 3.05) is 122 Å². The fourth-order valence-electron chi connectivity index (χ4n) is 12.7. The Labute approximate surface area is 885 Å². The Kier molecular flexibility index (Phi) is 53.6. The van der Waals surface area contributed by atoms with E-state index < -0.39 is 57.0 Å². The summed E-state index contributed by atoms with van der Waals surface area (Å²) in [6.07, 6.45) is 2.92. The zero-order chi connectivity index (χ0) is 94.3. The second-order valence-electron chi connectivity index (χ2n) is 31.7. The van der Waals surface area contributed by atoms with Gasteiger partial charge in [-0.15, -0.1) is 0 Å². The number of aromatic nitrogens is 2. The number of sulfone groups is 1. The number of azide groups is 1. The van der Waals surface area contributed by atoms with Crippen LogP contribution in [0, 0.1) is 20.8 Å². The minimum Gasteiger partial charge on any atom is -1.00 e. The van der Waals surface area contributed by atoms with E-state index in [1.165, 1.54) is 24.0 Å². The number of carbonyl (C=O) groups excluding carboxylic acids is 9. The van der Waals surface area contributed by atoms with Gasteiger partial charge in [0.1, 0.15) is 40.9 Å². The second kappa shape index (κ2) is 61.3. The molecule has 32 nitrogen and oxygen atoms in total. The van der Waals surface area contributed by atoms with Crippen molar-refractivity contribution in [3.63, 3.8) is 0 Å². The van der Waals surface area contributed by atoms with Crippen molar-refractivity contribution in [2.24, 2.45) is 5.11 Å². The third kappa shape index (κ3) is 44.4. The number of aromatic hydroxyl groups is 1. The predicted molar refractivity (Wildman–Crippen MR) is 488 cm³/mol. The molecule has 7 aromatic carbocycles. The van der Waals surface area contributed by atoms with Gasteiger partial charge < -0.3 is 69.9 Å². The van der Waals surface area contributed by atoms with Gasteiger partial charge in [0.15, 0.2) is 21.4 Å². The Morgan fingerprint density at radius 3 is 1.34 bits per heavy atom. The van der Waals surface area contributed by atoms with E-state index in [-0.39, 0.29) is 245 Å². The third-order valence-corrected chi connectivity index (χ3v) is 20.9. The number of Topliss-reactive ketones (excluding diaryl/α,β-unsaturated/α-hetero) is 2. The number of aryl methyl sites for hydroxylation is 3. The Bertz CT molecular complexity index is 5330. The number of fused-ring (bicyclic) bond motifs is 2. The minimum atomic E-state index is -3.01. The molecule has 0 unspecified atom stereocenters. The first-order valence-corrected chi connectivity index (χ1v) is 43.8. The fourth-order valence-corrected chi connectivity index (χ4v) is 13.6. The molecule has 0 radical (unpaired) electrons. The summed E-state index contributed by atoms with van der Waals surface area (Å²) in [6, 6.07) is 52.6. The molecule has 0 saturated carbocycles. The van der Waals surface area contributed by atoms with E-state index in [1.54, 1.807) is 97.3 Å². The Balaban J connectivity index is 0.000000585. The number of hydrogen-bond acceptors (Lipinski definition) is 26. The number of nitrogens with zero attached hydrogens (tertiary/aromatic N) is 7. The van der Waals surface area contributed by atoms with Gasteiger partial charge in [-0.1, -0.05) is 115 Å². The summed E-state index contributed by atoms with van der Waals surface area (Å²) in [4.78, 5) is 128. The van der Waals surface area contributed by atoms with Crippen LogP contribution in [-0.2, 0) is 86.2 Å². The zero-order valence-corrected chi connectivity index (χ0v) is 90.7. The van der Waals surface area contributed by atoms with E-state index in [0.717, 1.165) is 77.4 Å². The molecule has 0 aliphatic rings. The number of pyridine rings is 2. The van der Waals surface area contributed by atoms with E-state index >= 15 is 0 Å². The van der Waals surface area contributed by atoms with E-state index in [9.17, 15) is 51.9 Å². The van der Waals surface area contributed by atoms with E-state index in [1.807, 2.05) is 148 Å². The average molecular weight is 2060 g/mol. The number of ether oxygens (including phenoxy) is 9. The number of amides is 4. The average Bonchev–Trinajstić information content (AvgIpc) is 0.806. The largest absolute Gasteiger partial charge is 1.00 e. The molecule has 0 spiro atoms. The van der Waals surface area contributed by atoms with Gasteiger partial charge >= 0.3 is 162 Å². The molecule has 3 N–H and O–H groups in total. The van der Waals surface area contributed by atoms with Gasteiger partial charge in [0.25, 0.3) is 6.47 Å². The van der Waals surface area contributed by atoms with Crippen LogP contribution in [0.5, 0.6) is 11.5 Å². The molecule has 35 heteroatoms. The molecule has 0 fully saturated rings. The van der Waals surface area contributed by atoms with Crippen LogP contribution in [-0.4, -0.2) is 201 Å². The Morgan fingerprint density at radius 1 is 0.527 bits per heavy atom. The van der Waals surface area contributed by atoms with E-state index in [4.69, 9.17) is 58.2 Å². The first-order chi connectivity index (χ1) is 61.6.